The van der Waals surface area contributed by atoms with Gasteiger partial charge in [-0.25, -0.2) is 0 Å². The normalized spacial score (nSPS) is 18.6. The lowest BCUT2D eigenvalue weighted by atomic mass is 10.1. The summed E-state index contributed by atoms with van der Waals surface area (Å²) in [6.07, 6.45) is 2.16. The average Bonchev–Trinajstić information content (AvgIpc) is 2.74. The Morgan fingerprint density at radius 2 is 1.81 bits per heavy atom. The zero-order valence-electron chi connectivity index (χ0n) is 8.90. The largest absolute Gasteiger partial charge is 0.480 e. The molecule has 1 aliphatic heterocycles. The SMILES string of the molecule is O=C(O)[C@H](c1ccc(Cl)cc1)N1CCCC1. The fourth-order valence-corrected chi connectivity index (χ4v) is 2.28. The third-order valence-electron chi connectivity index (χ3n) is 2.93. The molecule has 1 saturated heterocycles. The van der Waals surface area contributed by atoms with E-state index in [1.165, 1.54) is 0 Å². The number of nitrogens with zero attached hydrogens (tertiary/aromatic N) is 1. The Morgan fingerprint density at radius 3 is 2.31 bits per heavy atom. The molecule has 86 valence electrons. The van der Waals surface area contributed by atoms with E-state index in [1.54, 1.807) is 24.3 Å². The number of carboxylic acid groups (broad SMARTS) is 1. The number of aliphatic carboxylic acids is 1. The van der Waals surface area contributed by atoms with Gasteiger partial charge in [0.2, 0.25) is 0 Å². The first-order valence-corrected chi connectivity index (χ1v) is 5.78. The maximum atomic E-state index is 11.3. The van der Waals surface area contributed by atoms with E-state index in [9.17, 15) is 9.90 Å². The van der Waals surface area contributed by atoms with Gasteiger partial charge in [0.25, 0.3) is 0 Å². The van der Waals surface area contributed by atoms with Gasteiger partial charge in [-0.1, -0.05) is 23.7 Å². The first-order chi connectivity index (χ1) is 7.68. The van der Waals surface area contributed by atoms with E-state index in [0.29, 0.717) is 5.02 Å². The van der Waals surface area contributed by atoms with Crippen molar-refractivity contribution >= 4 is 17.6 Å². The molecule has 0 radical (unpaired) electrons. The summed E-state index contributed by atoms with van der Waals surface area (Å²) in [5.41, 5.74) is 0.804. The van der Waals surface area contributed by atoms with Crippen LogP contribution >= 0.6 is 11.6 Å². The molecule has 1 atom stereocenters. The minimum absolute atomic E-state index is 0.528. The molecule has 1 heterocycles. The van der Waals surface area contributed by atoms with Crippen LogP contribution in [0.5, 0.6) is 0 Å². The summed E-state index contributed by atoms with van der Waals surface area (Å²) >= 11 is 5.79. The third-order valence-corrected chi connectivity index (χ3v) is 3.18. The fourth-order valence-electron chi connectivity index (χ4n) is 2.15. The number of likely N-dealkylation sites (tertiary alicyclic amines) is 1. The third kappa shape index (κ3) is 2.36. The maximum Gasteiger partial charge on any atom is 0.325 e. The number of benzene rings is 1. The van der Waals surface area contributed by atoms with Gasteiger partial charge in [-0.2, -0.15) is 0 Å². The van der Waals surface area contributed by atoms with Crippen LogP contribution in [0.4, 0.5) is 0 Å². The topological polar surface area (TPSA) is 40.5 Å². The van der Waals surface area contributed by atoms with Crippen molar-refractivity contribution in [1.29, 1.82) is 0 Å². The van der Waals surface area contributed by atoms with Crippen LogP contribution in [0.15, 0.2) is 24.3 Å². The summed E-state index contributed by atoms with van der Waals surface area (Å²) in [5.74, 6) is -0.788. The van der Waals surface area contributed by atoms with Crippen LogP contribution < -0.4 is 0 Å². The van der Waals surface area contributed by atoms with Gasteiger partial charge in [0.05, 0.1) is 0 Å². The molecule has 0 saturated carbocycles. The number of hydrogen-bond acceptors (Lipinski definition) is 2. The molecule has 0 unspecified atom stereocenters. The average molecular weight is 240 g/mol. The predicted molar refractivity (Wildman–Crippen MR) is 62.6 cm³/mol. The van der Waals surface area contributed by atoms with E-state index in [1.807, 2.05) is 4.90 Å². The highest BCUT2D eigenvalue weighted by molar-refractivity contribution is 6.30. The highest BCUT2D eigenvalue weighted by atomic mass is 35.5. The highest BCUT2D eigenvalue weighted by Crippen LogP contribution is 2.26. The Hall–Kier alpha value is -1.06. The zero-order valence-corrected chi connectivity index (χ0v) is 9.65. The second kappa shape index (κ2) is 4.85. The Bertz CT molecular complexity index is 371. The van der Waals surface area contributed by atoms with Crippen molar-refractivity contribution in [3.8, 4) is 0 Å². The van der Waals surface area contributed by atoms with Gasteiger partial charge in [0, 0.05) is 5.02 Å². The lowest BCUT2D eigenvalue weighted by Gasteiger charge is -2.23. The summed E-state index contributed by atoms with van der Waals surface area (Å²) < 4.78 is 0. The molecule has 0 spiro atoms. The van der Waals surface area contributed by atoms with E-state index in [0.717, 1.165) is 31.5 Å². The Balaban J connectivity index is 2.24. The zero-order chi connectivity index (χ0) is 11.5. The van der Waals surface area contributed by atoms with Gasteiger partial charge >= 0.3 is 5.97 Å². The van der Waals surface area contributed by atoms with Crippen LogP contribution in [0.1, 0.15) is 24.4 Å². The molecule has 1 aliphatic rings. The highest BCUT2D eigenvalue weighted by Gasteiger charge is 2.29. The summed E-state index contributed by atoms with van der Waals surface area (Å²) in [5, 5.41) is 9.92. The molecule has 4 heteroatoms. The van der Waals surface area contributed by atoms with Gasteiger partial charge in [-0.05, 0) is 43.6 Å². The molecular weight excluding hydrogens is 226 g/mol. The molecule has 1 aromatic rings. The molecule has 0 aliphatic carbocycles. The molecular formula is C12H14ClNO2. The van der Waals surface area contributed by atoms with Crippen molar-refractivity contribution in [1.82, 2.24) is 4.90 Å². The van der Waals surface area contributed by atoms with Gasteiger partial charge in [0.1, 0.15) is 6.04 Å². The number of halogens is 1. The first kappa shape index (κ1) is 11.4. The molecule has 3 nitrogen and oxygen atoms in total. The summed E-state index contributed by atoms with van der Waals surface area (Å²) in [6, 6.07) is 6.53. The first-order valence-electron chi connectivity index (χ1n) is 5.41. The minimum Gasteiger partial charge on any atom is -0.480 e. The molecule has 0 aromatic heterocycles. The number of carboxylic acids is 1. The monoisotopic (exact) mass is 239 g/mol. The van der Waals surface area contributed by atoms with E-state index >= 15 is 0 Å². The second-order valence-electron chi connectivity index (χ2n) is 4.04. The molecule has 1 aromatic carbocycles. The van der Waals surface area contributed by atoms with E-state index in [-0.39, 0.29) is 0 Å². The Kier molecular flexibility index (Phi) is 3.46. The van der Waals surface area contributed by atoms with Gasteiger partial charge < -0.3 is 5.11 Å². The number of carbonyl (C=O) groups is 1. The van der Waals surface area contributed by atoms with Crippen molar-refractivity contribution in [2.75, 3.05) is 13.1 Å². The van der Waals surface area contributed by atoms with Crippen molar-refractivity contribution in [2.45, 2.75) is 18.9 Å². The maximum absolute atomic E-state index is 11.3. The molecule has 16 heavy (non-hydrogen) atoms. The lowest BCUT2D eigenvalue weighted by Crippen LogP contribution is -2.31. The predicted octanol–water partition coefficient (Wildman–Crippen LogP) is 2.56. The number of rotatable bonds is 3. The molecule has 0 amide bonds. The van der Waals surface area contributed by atoms with Crippen LogP contribution in [0.2, 0.25) is 5.02 Å². The van der Waals surface area contributed by atoms with Crippen molar-refractivity contribution < 1.29 is 9.90 Å². The van der Waals surface area contributed by atoms with Crippen molar-refractivity contribution in [2.24, 2.45) is 0 Å². The van der Waals surface area contributed by atoms with E-state index < -0.39 is 12.0 Å². The standard InChI is InChI=1S/C12H14ClNO2/c13-10-5-3-9(4-6-10)11(12(15)16)14-7-1-2-8-14/h3-6,11H,1-2,7-8H2,(H,15,16)/t11-/m0/s1. The molecule has 1 fully saturated rings. The van der Waals surface area contributed by atoms with Crippen LogP contribution in [-0.2, 0) is 4.79 Å². The summed E-state index contributed by atoms with van der Waals surface area (Å²) in [6.45, 7) is 1.72. The van der Waals surface area contributed by atoms with Gasteiger partial charge in [0.15, 0.2) is 0 Å². The van der Waals surface area contributed by atoms with Gasteiger partial charge in [-0.15, -0.1) is 0 Å². The van der Waals surface area contributed by atoms with Crippen LogP contribution in [0.25, 0.3) is 0 Å². The van der Waals surface area contributed by atoms with Crippen LogP contribution in [0, 0.1) is 0 Å². The second-order valence-corrected chi connectivity index (χ2v) is 4.47. The molecule has 2 rings (SSSR count). The molecule has 1 N–H and O–H groups in total. The Morgan fingerprint density at radius 1 is 1.25 bits per heavy atom. The van der Waals surface area contributed by atoms with E-state index in [4.69, 9.17) is 11.6 Å². The molecule has 0 bridgehead atoms. The Labute approximate surface area is 99.6 Å². The van der Waals surface area contributed by atoms with E-state index in [2.05, 4.69) is 0 Å². The smallest absolute Gasteiger partial charge is 0.325 e. The lowest BCUT2D eigenvalue weighted by molar-refractivity contribution is -0.143. The minimum atomic E-state index is -0.788. The quantitative estimate of drug-likeness (QED) is 0.881. The number of hydrogen-bond donors (Lipinski definition) is 1. The van der Waals surface area contributed by atoms with Crippen LogP contribution in [0.3, 0.4) is 0 Å². The fraction of sp³-hybridized carbons (Fsp3) is 0.417. The summed E-state index contributed by atoms with van der Waals surface area (Å²) in [7, 11) is 0. The summed E-state index contributed by atoms with van der Waals surface area (Å²) in [4.78, 5) is 13.3. The van der Waals surface area contributed by atoms with Gasteiger partial charge in [-0.3, -0.25) is 9.69 Å². The van der Waals surface area contributed by atoms with Crippen molar-refractivity contribution in [3.05, 3.63) is 34.9 Å². The van der Waals surface area contributed by atoms with Crippen LogP contribution in [-0.4, -0.2) is 29.1 Å². The van der Waals surface area contributed by atoms with Crippen molar-refractivity contribution in [3.63, 3.8) is 0 Å².